The largest absolute Gasteiger partial charge is 0.377 e. The molecule has 3 rings (SSSR count). The predicted molar refractivity (Wildman–Crippen MR) is 123 cm³/mol. The first-order valence-corrected chi connectivity index (χ1v) is 10.6. The van der Waals surface area contributed by atoms with Crippen molar-refractivity contribution in [2.24, 2.45) is 0 Å². The second-order valence-electron chi connectivity index (χ2n) is 8.01. The van der Waals surface area contributed by atoms with E-state index < -0.39 is 0 Å². The normalized spacial score (nSPS) is 13.8. The Morgan fingerprint density at radius 2 is 1.69 bits per heavy atom. The summed E-state index contributed by atoms with van der Waals surface area (Å²) in [7, 11) is 1.81. The molecular weight excluding hydrogens is 406 g/mol. The van der Waals surface area contributed by atoms with Crippen molar-refractivity contribution in [2.45, 2.75) is 33.4 Å². The first kappa shape index (κ1) is 23.2. The molecule has 168 valence electrons. The zero-order valence-electron chi connectivity index (χ0n) is 18.9. The number of likely N-dealkylation sites (N-methyl/N-ethyl adjacent to an activating group) is 1. The molecule has 0 atom stereocenters. The molecule has 0 saturated heterocycles. The Hall–Kier alpha value is -3.45. The molecule has 2 aromatic rings. The van der Waals surface area contributed by atoms with E-state index in [1.54, 1.807) is 24.3 Å². The first-order chi connectivity index (χ1) is 15.3. The number of imide groups is 1. The molecule has 0 aliphatic carbocycles. The van der Waals surface area contributed by atoms with Gasteiger partial charge in [-0.1, -0.05) is 42.5 Å². The van der Waals surface area contributed by atoms with Crippen LogP contribution in [0.4, 0.5) is 5.69 Å². The number of benzene rings is 2. The Morgan fingerprint density at radius 1 is 1.03 bits per heavy atom. The standard InChI is InChI=1S/C25H29N3O4/c1-17(2)32-15-14-28-24(30)22(20-10-12-21(13-11-20)26-18(3)29)23(25(28)31)27(4)16-19-8-6-5-7-9-19/h5-13,17H,14-16H2,1-4H3,(H,26,29). The molecule has 0 spiro atoms. The molecule has 1 heterocycles. The van der Waals surface area contributed by atoms with Crippen molar-refractivity contribution in [2.75, 3.05) is 25.5 Å². The molecule has 32 heavy (non-hydrogen) atoms. The molecule has 0 radical (unpaired) electrons. The number of rotatable bonds is 9. The Morgan fingerprint density at radius 3 is 2.28 bits per heavy atom. The van der Waals surface area contributed by atoms with Gasteiger partial charge in [0, 0.05) is 26.2 Å². The van der Waals surface area contributed by atoms with Crippen molar-refractivity contribution >= 4 is 29.0 Å². The summed E-state index contributed by atoms with van der Waals surface area (Å²) in [5, 5.41) is 2.71. The van der Waals surface area contributed by atoms with Gasteiger partial charge in [-0.15, -0.1) is 0 Å². The number of ether oxygens (including phenoxy) is 1. The highest BCUT2D eigenvalue weighted by atomic mass is 16.5. The zero-order chi connectivity index (χ0) is 23.3. The maximum absolute atomic E-state index is 13.3. The van der Waals surface area contributed by atoms with E-state index in [0.29, 0.717) is 29.1 Å². The molecule has 1 aliphatic rings. The average Bonchev–Trinajstić information content (AvgIpc) is 2.99. The van der Waals surface area contributed by atoms with Gasteiger partial charge in [0.25, 0.3) is 11.8 Å². The van der Waals surface area contributed by atoms with Crippen LogP contribution in [0.25, 0.3) is 5.57 Å². The highest BCUT2D eigenvalue weighted by molar-refractivity contribution is 6.35. The van der Waals surface area contributed by atoms with Gasteiger partial charge in [-0.3, -0.25) is 19.3 Å². The van der Waals surface area contributed by atoms with Crippen molar-refractivity contribution in [3.63, 3.8) is 0 Å². The van der Waals surface area contributed by atoms with Gasteiger partial charge in [-0.05, 0) is 37.1 Å². The lowest BCUT2D eigenvalue weighted by molar-refractivity contribution is -0.138. The molecule has 7 heteroatoms. The zero-order valence-corrected chi connectivity index (χ0v) is 18.9. The monoisotopic (exact) mass is 435 g/mol. The lowest BCUT2D eigenvalue weighted by Crippen LogP contribution is -2.37. The maximum atomic E-state index is 13.3. The van der Waals surface area contributed by atoms with Gasteiger partial charge in [0.1, 0.15) is 5.70 Å². The maximum Gasteiger partial charge on any atom is 0.277 e. The number of hydrogen-bond acceptors (Lipinski definition) is 5. The number of nitrogens with zero attached hydrogens (tertiary/aromatic N) is 2. The third kappa shape index (κ3) is 5.42. The van der Waals surface area contributed by atoms with Gasteiger partial charge in [0.15, 0.2) is 0 Å². The number of amides is 3. The third-order valence-electron chi connectivity index (χ3n) is 5.05. The SMILES string of the molecule is CC(=O)Nc1ccc(C2=C(N(C)Cc3ccccc3)C(=O)N(CCOC(C)C)C2=O)cc1. The Bertz CT molecular complexity index is 1010. The van der Waals surface area contributed by atoms with E-state index in [-0.39, 0.29) is 37.0 Å². The molecular formula is C25H29N3O4. The highest BCUT2D eigenvalue weighted by Crippen LogP contribution is 2.32. The minimum absolute atomic E-state index is 0.0109. The summed E-state index contributed by atoms with van der Waals surface area (Å²) in [6.07, 6.45) is 0.0109. The number of nitrogens with one attached hydrogen (secondary N) is 1. The van der Waals surface area contributed by atoms with Crippen molar-refractivity contribution < 1.29 is 19.1 Å². The summed E-state index contributed by atoms with van der Waals surface area (Å²) in [5.74, 6) is -0.852. The molecule has 1 aliphatic heterocycles. The number of anilines is 1. The van der Waals surface area contributed by atoms with Crippen LogP contribution in [-0.2, 0) is 25.7 Å². The molecule has 1 N–H and O–H groups in total. The minimum Gasteiger partial charge on any atom is -0.377 e. The van der Waals surface area contributed by atoms with Crippen molar-refractivity contribution in [3.8, 4) is 0 Å². The third-order valence-corrected chi connectivity index (χ3v) is 5.05. The number of carbonyl (C=O) groups excluding carboxylic acids is 3. The summed E-state index contributed by atoms with van der Waals surface area (Å²) >= 11 is 0. The lowest BCUT2D eigenvalue weighted by atomic mass is 10.0. The van der Waals surface area contributed by atoms with Gasteiger partial charge >= 0.3 is 0 Å². The van der Waals surface area contributed by atoms with Crippen molar-refractivity contribution in [1.29, 1.82) is 0 Å². The van der Waals surface area contributed by atoms with Gasteiger partial charge in [0.05, 0.1) is 24.8 Å². The van der Waals surface area contributed by atoms with E-state index in [2.05, 4.69) is 5.32 Å². The minimum atomic E-state index is -0.343. The van der Waals surface area contributed by atoms with Crippen LogP contribution in [0.15, 0.2) is 60.3 Å². The van der Waals surface area contributed by atoms with E-state index in [1.165, 1.54) is 11.8 Å². The van der Waals surface area contributed by atoms with Crippen LogP contribution in [0, 0.1) is 0 Å². The van der Waals surface area contributed by atoms with Crippen LogP contribution in [0.3, 0.4) is 0 Å². The predicted octanol–water partition coefficient (Wildman–Crippen LogP) is 3.28. The van der Waals surface area contributed by atoms with E-state index in [1.807, 2.05) is 56.1 Å². The van der Waals surface area contributed by atoms with E-state index in [4.69, 9.17) is 4.74 Å². The fourth-order valence-electron chi connectivity index (χ4n) is 3.62. The van der Waals surface area contributed by atoms with Crippen LogP contribution in [0.1, 0.15) is 31.9 Å². The molecule has 2 aromatic carbocycles. The molecule has 0 aromatic heterocycles. The summed E-state index contributed by atoms with van der Waals surface area (Å²) in [4.78, 5) is 41.0. The molecule has 3 amide bonds. The van der Waals surface area contributed by atoms with Gasteiger partial charge in [-0.25, -0.2) is 0 Å². The van der Waals surface area contributed by atoms with Crippen LogP contribution in [0.5, 0.6) is 0 Å². The molecule has 0 unspecified atom stereocenters. The summed E-state index contributed by atoms with van der Waals surface area (Å²) in [6.45, 7) is 6.20. The van der Waals surface area contributed by atoms with Gasteiger partial charge in [0.2, 0.25) is 5.91 Å². The Balaban J connectivity index is 1.94. The van der Waals surface area contributed by atoms with Crippen LogP contribution >= 0.6 is 0 Å². The van der Waals surface area contributed by atoms with Crippen LogP contribution < -0.4 is 5.32 Å². The fraction of sp³-hybridized carbons (Fsp3) is 0.320. The van der Waals surface area contributed by atoms with Gasteiger partial charge < -0.3 is 15.0 Å². The number of carbonyl (C=O) groups is 3. The Labute approximate surface area is 188 Å². The van der Waals surface area contributed by atoms with Crippen LogP contribution in [-0.4, -0.2) is 53.8 Å². The summed E-state index contributed by atoms with van der Waals surface area (Å²) < 4.78 is 5.57. The van der Waals surface area contributed by atoms with Crippen molar-refractivity contribution in [1.82, 2.24) is 9.80 Å². The summed E-state index contributed by atoms with van der Waals surface area (Å²) in [6, 6.07) is 16.7. The highest BCUT2D eigenvalue weighted by Gasteiger charge is 2.40. The first-order valence-electron chi connectivity index (χ1n) is 10.6. The molecule has 0 bridgehead atoms. The Kier molecular flexibility index (Phi) is 7.43. The molecule has 7 nitrogen and oxygen atoms in total. The number of hydrogen-bond donors (Lipinski definition) is 1. The fourth-order valence-corrected chi connectivity index (χ4v) is 3.62. The van der Waals surface area contributed by atoms with E-state index in [9.17, 15) is 14.4 Å². The molecule has 0 saturated carbocycles. The topological polar surface area (TPSA) is 79.0 Å². The molecule has 0 fully saturated rings. The van der Waals surface area contributed by atoms with Crippen LogP contribution in [0.2, 0.25) is 0 Å². The second-order valence-corrected chi connectivity index (χ2v) is 8.01. The van der Waals surface area contributed by atoms with Gasteiger partial charge in [-0.2, -0.15) is 0 Å². The van der Waals surface area contributed by atoms with E-state index >= 15 is 0 Å². The smallest absolute Gasteiger partial charge is 0.277 e. The quantitative estimate of drug-likeness (QED) is 0.612. The average molecular weight is 436 g/mol. The van der Waals surface area contributed by atoms with E-state index in [0.717, 1.165) is 5.56 Å². The lowest BCUT2D eigenvalue weighted by Gasteiger charge is -2.22. The van der Waals surface area contributed by atoms with Crippen molar-refractivity contribution in [3.05, 3.63) is 71.4 Å². The summed E-state index contributed by atoms with van der Waals surface area (Å²) in [5.41, 5.74) is 2.99. The second kappa shape index (κ2) is 10.2.